The molecule has 2 aliphatic rings. The summed E-state index contributed by atoms with van der Waals surface area (Å²) < 4.78 is 51.2. The molecule has 0 N–H and O–H groups in total. The van der Waals surface area contributed by atoms with E-state index in [9.17, 15) is 13.6 Å². The number of rotatable bonds is 7. The second-order valence-corrected chi connectivity index (χ2v) is 12.2. The highest BCUT2D eigenvalue weighted by Crippen LogP contribution is 2.36. The van der Waals surface area contributed by atoms with E-state index in [1.165, 1.54) is 11.1 Å². The van der Waals surface area contributed by atoms with Crippen molar-refractivity contribution in [3.63, 3.8) is 0 Å². The number of benzene rings is 1. The third kappa shape index (κ3) is 5.80. The van der Waals surface area contributed by atoms with Gasteiger partial charge in [-0.05, 0) is 31.8 Å². The smallest absolute Gasteiger partial charge is 0.319 e. The number of aryl methyl sites for hydroxylation is 1. The molecule has 2 fully saturated rings. The number of hydrogen-bond acceptors (Lipinski definition) is 8. The van der Waals surface area contributed by atoms with E-state index in [1.807, 2.05) is 37.1 Å². The van der Waals surface area contributed by atoms with Crippen molar-refractivity contribution in [2.75, 3.05) is 51.3 Å². The van der Waals surface area contributed by atoms with Crippen LogP contribution in [0.5, 0.6) is 6.01 Å². The third-order valence-corrected chi connectivity index (χ3v) is 8.74. The number of carbonyl (C=O) groups excluding carboxylic acids is 1. The van der Waals surface area contributed by atoms with Gasteiger partial charge in [0.15, 0.2) is 11.6 Å². The van der Waals surface area contributed by atoms with Gasteiger partial charge in [-0.25, -0.2) is 19.7 Å². The maximum atomic E-state index is 16.6. The number of piperazine rings is 1. The molecule has 46 heavy (non-hydrogen) atoms. The monoisotopic (exact) mass is 630 g/mol. The zero-order valence-electron chi connectivity index (χ0n) is 25.8. The highest BCUT2D eigenvalue weighted by molar-refractivity contribution is 6.00. The van der Waals surface area contributed by atoms with Crippen molar-refractivity contribution in [1.29, 1.82) is 0 Å². The van der Waals surface area contributed by atoms with Crippen molar-refractivity contribution < 1.29 is 22.7 Å². The van der Waals surface area contributed by atoms with E-state index in [1.54, 1.807) is 24.2 Å². The van der Waals surface area contributed by atoms with Gasteiger partial charge in [0.2, 0.25) is 6.54 Å². The van der Waals surface area contributed by atoms with Crippen LogP contribution in [-0.2, 0) is 4.79 Å². The first-order valence-electron chi connectivity index (χ1n) is 14.9. The van der Waals surface area contributed by atoms with Crippen LogP contribution in [-0.4, -0.2) is 99.8 Å². The third-order valence-electron chi connectivity index (χ3n) is 8.74. The van der Waals surface area contributed by atoms with Crippen molar-refractivity contribution in [3.8, 4) is 17.3 Å². The van der Waals surface area contributed by atoms with Crippen LogP contribution >= 0.6 is 0 Å². The van der Waals surface area contributed by atoms with Gasteiger partial charge in [-0.15, -0.1) is 0 Å². The Morgan fingerprint density at radius 2 is 2.02 bits per heavy atom. The Hall–Kier alpha value is -4.83. The lowest BCUT2D eigenvalue weighted by Crippen LogP contribution is -2.56. The van der Waals surface area contributed by atoms with E-state index >= 15 is 4.39 Å². The quantitative estimate of drug-likeness (QED) is 0.210. The fourth-order valence-corrected chi connectivity index (χ4v) is 6.57. The number of alkyl halides is 1. The molecule has 0 spiro atoms. The first-order chi connectivity index (χ1) is 22.0. The van der Waals surface area contributed by atoms with Gasteiger partial charge >= 0.3 is 6.01 Å². The van der Waals surface area contributed by atoms with Gasteiger partial charge < -0.3 is 19.4 Å². The van der Waals surface area contributed by atoms with E-state index in [-0.39, 0.29) is 69.0 Å². The predicted octanol–water partition coefficient (Wildman–Crippen LogP) is 4.92. The van der Waals surface area contributed by atoms with E-state index in [0.29, 0.717) is 16.8 Å². The molecule has 1 aromatic carbocycles. The molecular formula is C33H33F3N8O2. The van der Waals surface area contributed by atoms with E-state index in [2.05, 4.69) is 31.4 Å². The minimum absolute atomic E-state index is 0.0388. The maximum absolute atomic E-state index is 16.6. The molecule has 2 saturated heterocycles. The molecule has 6 rings (SSSR count). The van der Waals surface area contributed by atoms with Crippen LogP contribution < -0.4 is 9.64 Å². The Balaban J connectivity index is 1.44. The van der Waals surface area contributed by atoms with E-state index < -0.39 is 29.3 Å². The van der Waals surface area contributed by atoms with Crippen LogP contribution in [0.4, 0.5) is 19.0 Å². The fraction of sp³-hybridized carbons (Fsp3) is 0.394. The van der Waals surface area contributed by atoms with Gasteiger partial charge in [0.05, 0.1) is 5.39 Å². The number of fused-ring (bicyclic) bond motifs is 2. The average molecular weight is 631 g/mol. The first-order valence-corrected chi connectivity index (χ1v) is 14.9. The molecule has 10 nitrogen and oxygen atoms in total. The number of hydrogen-bond donors (Lipinski definition) is 0. The van der Waals surface area contributed by atoms with Gasteiger partial charge in [0.25, 0.3) is 5.91 Å². The first kappa shape index (κ1) is 31.2. The normalized spacial score (nSPS) is 21.9. The lowest BCUT2D eigenvalue weighted by Gasteiger charge is -2.39. The maximum Gasteiger partial charge on any atom is 0.319 e. The average Bonchev–Trinajstić information content (AvgIpc) is 3.30. The van der Waals surface area contributed by atoms with Gasteiger partial charge in [-0.2, -0.15) is 9.97 Å². The van der Waals surface area contributed by atoms with Gasteiger partial charge in [0, 0.05) is 68.2 Å². The number of pyridine rings is 2. The summed E-state index contributed by atoms with van der Waals surface area (Å²) in [7, 11) is 1.81. The lowest BCUT2D eigenvalue weighted by molar-refractivity contribution is -0.131. The second kappa shape index (κ2) is 12.2. The molecule has 0 saturated carbocycles. The number of aromatic nitrogens is 4. The zero-order chi connectivity index (χ0) is 32.7. The molecule has 4 aromatic rings. The highest BCUT2D eigenvalue weighted by atomic mass is 19.1. The van der Waals surface area contributed by atoms with Crippen LogP contribution in [0.3, 0.4) is 0 Å². The molecule has 2 aliphatic heterocycles. The van der Waals surface area contributed by atoms with Crippen molar-refractivity contribution >= 4 is 33.4 Å². The molecule has 5 heterocycles. The molecule has 3 atom stereocenters. The van der Waals surface area contributed by atoms with Gasteiger partial charge in [-0.1, -0.05) is 24.8 Å². The fourth-order valence-electron chi connectivity index (χ4n) is 6.57. The van der Waals surface area contributed by atoms with Crippen molar-refractivity contribution in [2.24, 2.45) is 0 Å². The van der Waals surface area contributed by atoms with Crippen LogP contribution in [0.2, 0.25) is 0 Å². The minimum atomic E-state index is -1.37. The molecule has 0 radical (unpaired) electrons. The summed E-state index contributed by atoms with van der Waals surface area (Å²) in [6.07, 6.45) is 5.03. The standard InChI is InChI=1S/C33H33F3N8O2/c1-19-7-6-8-21-12-38-14-24(26(19)21)28-27(35)29-25(15-39-28)30(41-32(40-29)46-17-22-11-33(3,36)18-42(22)5)43-9-10-44(31(45)20(2)34)23(16-43)13-37-4/h6-8,12,14-15,22-23H,2,9-11,13,16-18H2,1,3,5H3/t22-,23-,33?/m0/s1. The number of carbonyl (C=O) groups is 1. The number of amides is 1. The van der Waals surface area contributed by atoms with Crippen LogP contribution in [0.25, 0.3) is 37.8 Å². The summed E-state index contributed by atoms with van der Waals surface area (Å²) >= 11 is 0. The number of likely N-dealkylation sites (N-methyl/N-ethyl adjacent to an activating group) is 1. The number of likely N-dealkylation sites (tertiary alicyclic amines) is 1. The Bertz CT molecular complexity index is 1890. The van der Waals surface area contributed by atoms with E-state index in [4.69, 9.17) is 11.3 Å². The van der Waals surface area contributed by atoms with Crippen molar-refractivity contribution in [3.05, 3.63) is 72.0 Å². The SMILES string of the molecule is [C-]#[N+]C[C@H]1CN(c2nc(OC[C@@H]3CC(C)(F)CN3C)nc3c(F)c(-c4cncc5cccc(C)c45)ncc23)CCN1C(=O)C(=C)F. The lowest BCUT2D eigenvalue weighted by atomic mass is 10.00. The Morgan fingerprint density at radius 1 is 1.22 bits per heavy atom. The Labute approximate surface area is 264 Å². The molecule has 1 unspecified atom stereocenters. The molecular weight excluding hydrogens is 597 g/mol. The molecule has 0 aliphatic carbocycles. The van der Waals surface area contributed by atoms with Crippen molar-refractivity contribution in [1.82, 2.24) is 29.7 Å². The number of nitrogens with zero attached hydrogens (tertiary/aromatic N) is 8. The summed E-state index contributed by atoms with van der Waals surface area (Å²) in [5.74, 6) is -2.38. The van der Waals surface area contributed by atoms with Crippen LogP contribution in [0, 0.1) is 19.3 Å². The molecule has 1 amide bonds. The summed E-state index contributed by atoms with van der Waals surface area (Å²) in [4.78, 5) is 38.9. The molecule has 0 bridgehead atoms. The largest absolute Gasteiger partial charge is 0.462 e. The van der Waals surface area contributed by atoms with Gasteiger partial charge in [-0.3, -0.25) is 19.7 Å². The molecule has 3 aromatic heterocycles. The Kier molecular flexibility index (Phi) is 8.24. The summed E-state index contributed by atoms with van der Waals surface area (Å²) in [6.45, 7) is 14.7. The summed E-state index contributed by atoms with van der Waals surface area (Å²) in [5.41, 5.74) is 0.0849. The predicted molar refractivity (Wildman–Crippen MR) is 168 cm³/mol. The van der Waals surface area contributed by atoms with Gasteiger partial charge in [0.1, 0.15) is 35.3 Å². The molecule has 238 valence electrons. The number of halogens is 3. The second-order valence-electron chi connectivity index (χ2n) is 12.2. The summed E-state index contributed by atoms with van der Waals surface area (Å²) in [6, 6.07) is 4.71. The van der Waals surface area contributed by atoms with Crippen LogP contribution in [0.1, 0.15) is 18.9 Å². The van der Waals surface area contributed by atoms with Crippen molar-refractivity contribution in [2.45, 2.75) is 38.0 Å². The number of anilines is 1. The zero-order valence-corrected chi connectivity index (χ0v) is 25.8. The van der Waals surface area contributed by atoms with Crippen LogP contribution in [0.15, 0.2) is 49.2 Å². The topological polar surface area (TPSA) is 91.9 Å². The highest BCUT2D eigenvalue weighted by Gasteiger charge is 2.40. The Morgan fingerprint density at radius 3 is 2.74 bits per heavy atom. The molecule has 13 heteroatoms. The van der Waals surface area contributed by atoms with E-state index in [0.717, 1.165) is 16.3 Å². The summed E-state index contributed by atoms with van der Waals surface area (Å²) in [5, 5.41) is 1.94. The number of ether oxygens (including phenoxy) is 1. The minimum Gasteiger partial charge on any atom is -0.462 e.